The van der Waals surface area contributed by atoms with E-state index in [0.717, 1.165) is 4.31 Å². The molecule has 0 heterocycles. The van der Waals surface area contributed by atoms with Crippen molar-refractivity contribution in [2.45, 2.75) is 18.7 Å². The third-order valence-corrected chi connectivity index (χ3v) is 5.41. The maximum absolute atomic E-state index is 12.3. The van der Waals surface area contributed by atoms with Crippen molar-refractivity contribution >= 4 is 31.9 Å². The molecule has 0 radical (unpaired) electrons. The van der Waals surface area contributed by atoms with Crippen LogP contribution in [0.25, 0.3) is 0 Å². The maximum atomic E-state index is 12.3. The highest BCUT2D eigenvalue weighted by Crippen LogP contribution is 2.23. The molecule has 0 spiro atoms. The SMILES string of the molecule is CC(C)CNC(=O)CN(C)S(=O)(=O)c1ccccc1Br. The minimum Gasteiger partial charge on any atom is -0.355 e. The Morgan fingerprint density at radius 1 is 1.35 bits per heavy atom. The van der Waals surface area contributed by atoms with E-state index in [1.807, 2.05) is 13.8 Å². The highest BCUT2D eigenvalue weighted by atomic mass is 79.9. The Kier molecular flexibility index (Phi) is 6.16. The summed E-state index contributed by atoms with van der Waals surface area (Å²) in [5, 5.41) is 2.69. The van der Waals surface area contributed by atoms with Gasteiger partial charge in [0, 0.05) is 18.1 Å². The quantitative estimate of drug-likeness (QED) is 0.839. The average molecular weight is 363 g/mol. The highest BCUT2D eigenvalue weighted by molar-refractivity contribution is 9.10. The largest absolute Gasteiger partial charge is 0.355 e. The third kappa shape index (κ3) is 4.57. The van der Waals surface area contributed by atoms with Gasteiger partial charge < -0.3 is 5.32 Å². The zero-order chi connectivity index (χ0) is 15.3. The van der Waals surface area contributed by atoms with Gasteiger partial charge in [0.1, 0.15) is 0 Å². The molecule has 7 heteroatoms. The lowest BCUT2D eigenvalue weighted by molar-refractivity contribution is -0.121. The summed E-state index contributed by atoms with van der Waals surface area (Å²) in [5.41, 5.74) is 0. The number of amides is 1. The average Bonchev–Trinajstić information content (AvgIpc) is 2.36. The Morgan fingerprint density at radius 3 is 2.50 bits per heavy atom. The number of likely N-dealkylation sites (N-methyl/N-ethyl adjacent to an activating group) is 1. The van der Waals surface area contributed by atoms with Crippen LogP contribution in [0.1, 0.15) is 13.8 Å². The van der Waals surface area contributed by atoms with Gasteiger partial charge in [-0.1, -0.05) is 26.0 Å². The predicted octanol–water partition coefficient (Wildman–Crippen LogP) is 1.84. The summed E-state index contributed by atoms with van der Waals surface area (Å²) in [4.78, 5) is 11.8. The van der Waals surface area contributed by atoms with Gasteiger partial charge in [-0.3, -0.25) is 4.79 Å². The van der Waals surface area contributed by atoms with Crippen molar-refractivity contribution in [2.24, 2.45) is 5.92 Å². The van der Waals surface area contributed by atoms with Crippen LogP contribution in [0.2, 0.25) is 0 Å². The van der Waals surface area contributed by atoms with E-state index in [9.17, 15) is 13.2 Å². The molecular formula is C13H19BrN2O3S. The van der Waals surface area contributed by atoms with E-state index in [2.05, 4.69) is 21.2 Å². The minimum atomic E-state index is -3.68. The molecule has 1 rings (SSSR count). The molecule has 0 saturated carbocycles. The smallest absolute Gasteiger partial charge is 0.244 e. The van der Waals surface area contributed by atoms with Gasteiger partial charge in [-0.25, -0.2) is 8.42 Å². The Morgan fingerprint density at radius 2 is 1.95 bits per heavy atom. The molecule has 1 aromatic rings. The number of halogens is 1. The lowest BCUT2D eigenvalue weighted by Gasteiger charge is -2.18. The maximum Gasteiger partial charge on any atom is 0.244 e. The number of rotatable bonds is 6. The number of hydrogen-bond acceptors (Lipinski definition) is 3. The normalized spacial score (nSPS) is 11.9. The van der Waals surface area contributed by atoms with Crippen molar-refractivity contribution < 1.29 is 13.2 Å². The van der Waals surface area contributed by atoms with Crippen molar-refractivity contribution in [1.29, 1.82) is 0 Å². The van der Waals surface area contributed by atoms with E-state index in [-0.39, 0.29) is 17.3 Å². The van der Waals surface area contributed by atoms with Crippen molar-refractivity contribution in [3.8, 4) is 0 Å². The molecular weight excluding hydrogens is 344 g/mol. The van der Waals surface area contributed by atoms with Crippen LogP contribution in [-0.4, -0.2) is 38.8 Å². The van der Waals surface area contributed by atoms with Gasteiger partial charge in [-0.15, -0.1) is 0 Å². The van der Waals surface area contributed by atoms with Crippen LogP contribution < -0.4 is 5.32 Å². The first-order valence-electron chi connectivity index (χ1n) is 6.22. The van der Waals surface area contributed by atoms with Crippen LogP contribution in [0.15, 0.2) is 33.6 Å². The van der Waals surface area contributed by atoms with E-state index in [1.165, 1.54) is 13.1 Å². The fourth-order valence-electron chi connectivity index (χ4n) is 1.48. The van der Waals surface area contributed by atoms with E-state index in [4.69, 9.17) is 0 Å². The first-order chi connectivity index (χ1) is 9.25. The topological polar surface area (TPSA) is 66.5 Å². The fraction of sp³-hybridized carbons (Fsp3) is 0.462. The fourth-order valence-corrected chi connectivity index (χ4v) is 3.57. The number of hydrogen-bond donors (Lipinski definition) is 1. The number of carbonyl (C=O) groups is 1. The second-order valence-electron chi connectivity index (χ2n) is 4.89. The van der Waals surface area contributed by atoms with Gasteiger partial charge in [0.05, 0.1) is 11.4 Å². The molecule has 0 aromatic heterocycles. The zero-order valence-electron chi connectivity index (χ0n) is 11.8. The molecule has 0 aliphatic carbocycles. The predicted molar refractivity (Wildman–Crippen MR) is 81.8 cm³/mol. The van der Waals surface area contributed by atoms with Gasteiger partial charge >= 0.3 is 0 Å². The number of sulfonamides is 1. The van der Waals surface area contributed by atoms with Gasteiger partial charge in [-0.2, -0.15) is 4.31 Å². The standard InChI is InChI=1S/C13H19BrN2O3S/c1-10(2)8-15-13(17)9-16(3)20(18,19)12-7-5-4-6-11(12)14/h4-7,10H,8-9H2,1-3H3,(H,15,17). The van der Waals surface area contributed by atoms with E-state index >= 15 is 0 Å². The number of benzene rings is 1. The summed E-state index contributed by atoms with van der Waals surface area (Å²) in [5.74, 6) is 0.0148. The van der Waals surface area contributed by atoms with Crippen molar-refractivity contribution in [2.75, 3.05) is 20.1 Å². The van der Waals surface area contributed by atoms with Crippen LogP contribution in [-0.2, 0) is 14.8 Å². The second-order valence-corrected chi connectivity index (χ2v) is 7.76. The van der Waals surface area contributed by atoms with Gasteiger partial charge in [0.15, 0.2) is 0 Å². The zero-order valence-corrected chi connectivity index (χ0v) is 14.2. The summed E-state index contributed by atoms with van der Waals surface area (Å²) in [7, 11) is -2.29. The Balaban J connectivity index is 2.78. The lowest BCUT2D eigenvalue weighted by Crippen LogP contribution is -2.39. The van der Waals surface area contributed by atoms with Crippen molar-refractivity contribution in [1.82, 2.24) is 9.62 Å². The van der Waals surface area contributed by atoms with Gasteiger partial charge in [0.2, 0.25) is 15.9 Å². The summed E-state index contributed by atoms with van der Waals surface area (Å²) >= 11 is 3.21. The molecule has 1 amide bonds. The molecule has 0 bridgehead atoms. The summed E-state index contributed by atoms with van der Waals surface area (Å²) in [6.07, 6.45) is 0. The molecule has 1 aromatic carbocycles. The molecule has 0 atom stereocenters. The molecule has 0 fully saturated rings. The van der Waals surface area contributed by atoms with Gasteiger partial charge in [-0.05, 0) is 34.0 Å². The van der Waals surface area contributed by atoms with Crippen LogP contribution in [0.3, 0.4) is 0 Å². The van der Waals surface area contributed by atoms with E-state index in [1.54, 1.807) is 18.2 Å². The molecule has 1 N–H and O–H groups in total. The van der Waals surface area contributed by atoms with Crippen LogP contribution >= 0.6 is 15.9 Å². The molecule has 112 valence electrons. The van der Waals surface area contributed by atoms with Crippen LogP contribution in [0, 0.1) is 5.92 Å². The van der Waals surface area contributed by atoms with Crippen LogP contribution in [0.5, 0.6) is 0 Å². The molecule has 0 aliphatic heterocycles. The summed E-state index contributed by atoms with van der Waals surface area (Å²) in [6.45, 7) is 4.28. The van der Waals surface area contributed by atoms with E-state index < -0.39 is 10.0 Å². The number of carbonyl (C=O) groups excluding carboxylic acids is 1. The lowest BCUT2D eigenvalue weighted by atomic mass is 10.2. The summed E-state index contributed by atoms with van der Waals surface area (Å²) < 4.78 is 26.2. The third-order valence-electron chi connectivity index (χ3n) is 2.60. The van der Waals surface area contributed by atoms with Crippen molar-refractivity contribution in [3.63, 3.8) is 0 Å². The highest BCUT2D eigenvalue weighted by Gasteiger charge is 2.24. The Hall–Kier alpha value is -0.920. The molecule has 0 aliphatic rings. The monoisotopic (exact) mass is 362 g/mol. The van der Waals surface area contributed by atoms with E-state index in [0.29, 0.717) is 16.9 Å². The minimum absolute atomic E-state index is 0.152. The summed E-state index contributed by atoms with van der Waals surface area (Å²) in [6, 6.07) is 6.53. The van der Waals surface area contributed by atoms with Crippen molar-refractivity contribution in [3.05, 3.63) is 28.7 Å². The Labute approximate surface area is 128 Å². The molecule has 20 heavy (non-hydrogen) atoms. The first-order valence-corrected chi connectivity index (χ1v) is 8.46. The number of nitrogens with zero attached hydrogens (tertiary/aromatic N) is 1. The van der Waals surface area contributed by atoms with Crippen LogP contribution in [0.4, 0.5) is 0 Å². The molecule has 0 saturated heterocycles. The Bertz CT molecular complexity index is 573. The molecule has 0 unspecified atom stereocenters. The molecule has 5 nitrogen and oxygen atoms in total. The van der Waals surface area contributed by atoms with Gasteiger partial charge in [0.25, 0.3) is 0 Å². The second kappa shape index (κ2) is 7.19. The number of nitrogens with one attached hydrogen (secondary N) is 1. The first kappa shape index (κ1) is 17.1.